The third-order valence-corrected chi connectivity index (χ3v) is 4.47. The Morgan fingerprint density at radius 2 is 1.57 bits per heavy atom. The Labute approximate surface area is 93.1 Å². The molecule has 86 valence electrons. The van der Waals surface area contributed by atoms with Gasteiger partial charge in [0.25, 0.3) is 0 Å². The van der Waals surface area contributed by atoms with E-state index in [1.54, 1.807) is 20.8 Å². The highest BCUT2D eigenvalue weighted by Crippen LogP contribution is 2.45. The lowest BCUT2D eigenvalue weighted by Crippen LogP contribution is -2.45. The minimum atomic E-state index is -3.77. The van der Waals surface area contributed by atoms with Crippen molar-refractivity contribution in [3.63, 3.8) is 0 Å². The Kier molecular flexibility index (Phi) is 4.64. The second-order valence-electron chi connectivity index (χ2n) is 4.36. The van der Waals surface area contributed by atoms with Crippen LogP contribution in [0.25, 0.3) is 0 Å². The van der Waals surface area contributed by atoms with Gasteiger partial charge in [0.2, 0.25) is 4.93 Å². The molecule has 0 amide bonds. The van der Waals surface area contributed by atoms with Gasteiger partial charge in [0.1, 0.15) is 4.75 Å². The van der Waals surface area contributed by atoms with E-state index >= 15 is 0 Å². The standard InChI is InChI=1S/C7H17O4PS2/c1-6(2,3)14(10)7(4,5)11-12(8,9)13/h1-5H3,(H2,8,9,13). The largest absolute Gasteiger partial charge is 0.614 e. The van der Waals surface area contributed by atoms with Crippen molar-refractivity contribution in [1.82, 2.24) is 0 Å². The van der Waals surface area contributed by atoms with Crippen molar-refractivity contribution >= 4 is 29.7 Å². The van der Waals surface area contributed by atoms with Gasteiger partial charge >= 0.3 is 6.72 Å². The van der Waals surface area contributed by atoms with E-state index in [0.717, 1.165) is 0 Å². The molecule has 7 heteroatoms. The summed E-state index contributed by atoms with van der Waals surface area (Å²) in [6, 6.07) is 0. The Bertz CT molecular complexity index is 243. The lowest BCUT2D eigenvalue weighted by atomic mass is 10.3. The van der Waals surface area contributed by atoms with Crippen molar-refractivity contribution in [2.24, 2.45) is 0 Å². The van der Waals surface area contributed by atoms with Crippen molar-refractivity contribution < 1.29 is 18.9 Å². The molecule has 1 unspecified atom stereocenters. The topological polar surface area (TPSA) is 72.8 Å². The average molecular weight is 260 g/mol. The zero-order valence-corrected chi connectivity index (χ0v) is 11.5. The van der Waals surface area contributed by atoms with Crippen LogP contribution in [0.4, 0.5) is 0 Å². The summed E-state index contributed by atoms with van der Waals surface area (Å²) >= 11 is 2.97. The first-order valence-corrected chi connectivity index (χ1v) is 7.82. The van der Waals surface area contributed by atoms with Crippen LogP contribution in [0.1, 0.15) is 34.6 Å². The Morgan fingerprint density at radius 3 is 1.79 bits per heavy atom. The summed E-state index contributed by atoms with van der Waals surface area (Å²) in [6.07, 6.45) is 0. The van der Waals surface area contributed by atoms with E-state index in [9.17, 15) is 4.55 Å². The fourth-order valence-electron chi connectivity index (χ4n) is 1.06. The van der Waals surface area contributed by atoms with E-state index < -0.39 is 27.6 Å². The van der Waals surface area contributed by atoms with E-state index in [4.69, 9.17) is 14.3 Å². The minimum absolute atomic E-state index is 0.492. The maximum Gasteiger partial charge on any atom is 0.326 e. The van der Waals surface area contributed by atoms with E-state index in [1.807, 2.05) is 0 Å². The van der Waals surface area contributed by atoms with Crippen molar-refractivity contribution in [1.29, 1.82) is 0 Å². The van der Waals surface area contributed by atoms with Gasteiger partial charge < -0.3 is 14.3 Å². The van der Waals surface area contributed by atoms with Gasteiger partial charge in [-0.2, -0.15) is 0 Å². The summed E-state index contributed by atoms with van der Waals surface area (Å²) in [7, 11) is 0. The zero-order chi connectivity index (χ0) is 11.8. The average Bonchev–Trinajstić information content (AvgIpc) is 1.78. The first-order chi connectivity index (χ1) is 5.86. The van der Waals surface area contributed by atoms with E-state index in [-0.39, 0.29) is 0 Å². The van der Waals surface area contributed by atoms with Crippen molar-refractivity contribution in [2.45, 2.75) is 44.3 Å². The van der Waals surface area contributed by atoms with Crippen LogP contribution >= 0.6 is 6.72 Å². The highest BCUT2D eigenvalue weighted by molar-refractivity contribution is 8.07. The van der Waals surface area contributed by atoms with Gasteiger partial charge in [-0.3, -0.25) is 4.52 Å². The fourth-order valence-corrected chi connectivity index (χ4v) is 4.39. The maximum atomic E-state index is 11.9. The van der Waals surface area contributed by atoms with Gasteiger partial charge in [-0.15, -0.1) is 0 Å². The molecule has 0 rings (SSSR count). The molecular weight excluding hydrogens is 243 g/mol. The molecule has 0 radical (unpaired) electrons. The van der Waals surface area contributed by atoms with Crippen LogP contribution in [-0.4, -0.2) is 24.0 Å². The van der Waals surface area contributed by atoms with Gasteiger partial charge in [0.15, 0.2) is 0 Å². The smallest absolute Gasteiger partial charge is 0.326 e. The molecule has 0 saturated carbocycles. The summed E-state index contributed by atoms with van der Waals surface area (Å²) < 4.78 is 16.3. The summed E-state index contributed by atoms with van der Waals surface area (Å²) in [5.74, 6) is 0. The monoisotopic (exact) mass is 260 g/mol. The van der Waals surface area contributed by atoms with Gasteiger partial charge in [0.05, 0.1) is 0 Å². The molecule has 0 aliphatic carbocycles. The summed E-state index contributed by atoms with van der Waals surface area (Å²) in [6.45, 7) is 4.64. The van der Waals surface area contributed by atoms with Crippen LogP contribution in [0.2, 0.25) is 0 Å². The molecule has 0 bridgehead atoms. The number of rotatable bonds is 3. The molecule has 0 spiro atoms. The quantitative estimate of drug-likeness (QED) is 0.594. The third kappa shape index (κ3) is 5.07. The van der Waals surface area contributed by atoms with Crippen molar-refractivity contribution in [3.8, 4) is 0 Å². The van der Waals surface area contributed by atoms with Crippen LogP contribution < -0.4 is 0 Å². The minimum Gasteiger partial charge on any atom is -0.614 e. The molecule has 0 saturated heterocycles. The van der Waals surface area contributed by atoms with E-state index in [0.29, 0.717) is 0 Å². The predicted molar refractivity (Wildman–Crippen MR) is 61.8 cm³/mol. The summed E-state index contributed by atoms with van der Waals surface area (Å²) in [5, 5.41) is 0. The molecular formula is C7H17O4PS2. The third-order valence-electron chi connectivity index (χ3n) is 1.34. The Balaban J connectivity index is 4.71. The molecule has 0 fully saturated rings. The first-order valence-electron chi connectivity index (χ1n) is 4.04. The molecule has 14 heavy (non-hydrogen) atoms. The van der Waals surface area contributed by atoms with Crippen LogP contribution in [0.15, 0.2) is 0 Å². The van der Waals surface area contributed by atoms with Crippen LogP contribution in [-0.2, 0) is 27.5 Å². The highest BCUT2D eigenvalue weighted by Gasteiger charge is 2.44. The zero-order valence-electron chi connectivity index (χ0n) is 8.97. The molecule has 0 aliphatic heterocycles. The van der Waals surface area contributed by atoms with E-state index in [2.05, 4.69) is 11.8 Å². The van der Waals surface area contributed by atoms with Crippen molar-refractivity contribution in [3.05, 3.63) is 0 Å². The van der Waals surface area contributed by atoms with Crippen LogP contribution in [0.3, 0.4) is 0 Å². The van der Waals surface area contributed by atoms with Gasteiger partial charge in [-0.1, -0.05) is 0 Å². The fraction of sp³-hybridized carbons (Fsp3) is 1.00. The van der Waals surface area contributed by atoms with E-state index in [1.165, 1.54) is 13.8 Å². The molecule has 2 N–H and O–H groups in total. The summed E-state index contributed by atoms with van der Waals surface area (Å²) in [5.41, 5.74) is 0. The predicted octanol–water partition coefficient (Wildman–Crippen LogP) is 1.50. The van der Waals surface area contributed by atoms with Gasteiger partial charge in [0, 0.05) is 13.8 Å². The van der Waals surface area contributed by atoms with Crippen LogP contribution in [0, 0.1) is 0 Å². The Morgan fingerprint density at radius 1 is 1.21 bits per heavy atom. The SMILES string of the molecule is CC(C)(C)[S+]([O-])C(C)(C)OP(O)(O)=S. The summed E-state index contributed by atoms with van der Waals surface area (Å²) in [4.78, 5) is 16.8. The molecule has 0 aliphatic rings. The Hall–Kier alpha value is 0.840. The van der Waals surface area contributed by atoms with Crippen LogP contribution in [0.5, 0.6) is 0 Å². The second-order valence-corrected chi connectivity index (χ2v) is 9.70. The molecule has 0 aromatic heterocycles. The van der Waals surface area contributed by atoms with Crippen molar-refractivity contribution in [2.75, 3.05) is 0 Å². The lowest BCUT2D eigenvalue weighted by Gasteiger charge is -2.36. The lowest BCUT2D eigenvalue weighted by molar-refractivity contribution is 0.157. The number of hydrogen-bond donors (Lipinski definition) is 2. The number of hydrogen-bond acceptors (Lipinski definition) is 3. The molecule has 1 atom stereocenters. The molecule has 0 aromatic rings. The molecule has 4 nitrogen and oxygen atoms in total. The van der Waals surface area contributed by atoms with Gasteiger partial charge in [-0.05, 0) is 43.8 Å². The maximum absolute atomic E-state index is 11.9. The normalized spacial score (nSPS) is 16.9. The van der Waals surface area contributed by atoms with Gasteiger partial charge in [-0.25, -0.2) is 0 Å². The molecule has 0 heterocycles. The second kappa shape index (κ2) is 4.37. The highest BCUT2D eigenvalue weighted by atomic mass is 32.5. The first kappa shape index (κ1) is 14.8. The molecule has 0 aromatic carbocycles.